The Morgan fingerprint density at radius 1 is 1.35 bits per heavy atom. The zero-order chi connectivity index (χ0) is 14.9. The van der Waals surface area contributed by atoms with Crippen molar-refractivity contribution in [3.05, 3.63) is 39.1 Å². The Morgan fingerprint density at radius 2 is 2.05 bits per heavy atom. The number of halogens is 1. The van der Waals surface area contributed by atoms with Crippen molar-refractivity contribution in [3.63, 3.8) is 0 Å². The summed E-state index contributed by atoms with van der Waals surface area (Å²) in [6.45, 7) is 3.34. The van der Waals surface area contributed by atoms with Crippen LogP contribution < -0.4 is 10.3 Å². The first-order chi connectivity index (χ1) is 9.29. The Balaban J connectivity index is 2.09. The number of furan rings is 1. The maximum atomic E-state index is 11.9. The van der Waals surface area contributed by atoms with E-state index in [2.05, 4.69) is 21.4 Å². The largest absolute Gasteiger partial charge is 0.466 e. The second-order valence-corrected chi connectivity index (χ2v) is 8.32. The lowest BCUT2D eigenvalue weighted by atomic mass is 10.2. The average Bonchev–Trinajstić information content (AvgIpc) is 2.93. The number of carbonyl (C=O) groups excluding carboxylic acids is 1. The molecule has 0 unspecified atom stereocenters. The number of carbonyl (C=O) groups is 1. The second-order valence-electron chi connectivity index (χ2n) is 3.95. The number of nitrogens with one attached hydrogen (secondary N) is 2. The Morgan fingerprint density at radius 3 is 2.55 bits per heavy atom. The first-order valence-electron chi connectivity index (χ1n) is 5.44. The molecule has 2 heterocycles. The van der Waals surface area contributed by atoms with E-state index in [-0.39, 0.29) is 9.77 Å². The summed E-state index contributed by atoms with van der Waals surface area (Å²) >= 11 is 4.23. The van der Waals surface area contributed by atoms with Gasteiger partial charge in [-0.25, -0.2) is 8.42 Å². The molecule has 0 aromatic carbocycles. The van der Waals surface area contributed by atoms with E-state index in [0.717, 1.165) is 11.3 Å². The molecule has 0 atom stereocenters. The van der Waals surface area contributed by atoms with Crippen molar-refractivity contribution in [2.24, 2.45) is 0 Å². The van der Waals surface area contributed by atoms with Gasteiger partial charge in [0.15, 0.2) is 0 Å². The summed E-state index contributed by atoms with van der Waals surface area (Å²) in [4.78, 5) is 13.9. The number of hydrogen-bond donors (Lipinski definition) is 2. The van der Waals surface area contributed by atoms with Crippen LogP contribution in [-0.4, -0.2) is 14.3 Å². The smallest absolute Gasteiger partial charge is 0.269 e. The van der Waals surface area contributed by atoms with Crippen LogP contribution in [0.15, 0.2) is 30.6 Å². The van der Waals surface area contributed by atoms with Gasteiger partial charge in [0.25, 0.3) is 15.9 Å². The molecule has 0 aliphatic carbocycles. The zero-order valence-corrected chi connectivity index (χ0v) is 13.8. The average molecular weight is 379 g/mol. The van der Waals surface area contributed by atoms with Crippen molar-refractivity contribution in [2.45, 2.75) is 18.1 Å². The molecule has 0 spiro atoms. The molecule has 0 saturated heterocycles. The van der Waals surface area contributed by atoms with Crippen molar-refractivity contribution in [1.29, 1.82) is 0 Å². The summed E-state index contributed by atoms with van der Waals surface area (Å²) in [5.74, 6) is 0.439. The van der Waals surface area contributed by atoms with Crippen molar-refractivity contribution >= 4 is 43.2 Å². The number of hydrogen-bond acceptors (Lipinski definition) is 5. The monoisotopic (exact) mass is 378 g/mol. The molecule has 0 fully saturated rings. The highest BCUT2D eigenvalue weighted by atomic mass is 79.9. The topological polar surface area (TPSA) is 88.4 Å². The third-order valence-corrected chi connectivity index (χ3v) is 5.76. The van der Waals surface area contributed by atoms with Crippen LogP contribution in [0.1, 0.15) is 21.9 Å². The Bertz CT molecular complexity index is 748. The standard InChI is InChI=1S/C11H11BrN2O4S2/c1-6-5-8(7(2)18-6)11(15)13-14-20(16,17)10-4-3-9(12)19-10/h3-5,14H,1-2H3,(H,13,15). The molecular formula is C11H11BrN2O4S2. The molecule has 20 heavy (non-hydrogen) atoms. The molecule has 0 bridgehead atoms. The Labute approximate surface area is 128 Å². The van der Waals surface area contributed by atoms with Gasteiger partial charge in [0.2, 0.25) is 0 Å². The highest BCUT2D eigenvalue weighted by molar-refractivity contribution is 9.11. The van der Waals surface area contributed by atoms with Gasteiger partial charge in [-0.1, -0.05) is 0 Å². The van der Waals surface area contributed by atoms with Crippen LogP contribution in [0.5, 0.6) is 0 Å². The van der Waals surface area contributed by atoms with Gasteiger partial charge in [-0.05, 0) is 48.0 Å². The lowest BCUT2D eigenvalue weighted by Crippen LogP contribution is -2.41. The maximum absolute atomic E-state index is 11.9. The minimum Gasteiger partial charge on any atom is -0.466 e. The first kappa shape index (κ1) is 15.2. The van der Waals surface area contributed by atoms with Crippen molar-refractivity contribution < 1.29 is 17.6 Å². The molecule has 0 aliphatic rings. The van der Waals surface area contributed by atoms with Gasteiger partial charge in [-0.2, -0.15) is 0 Å². The number of hydrazine groups is 1. The van der Waals surface area contributed by atoms with Crippen LogP contribution in [0.4, 0.5) is 0 Å². The van der Waals surface area contributed by atoms with Gasteiger partial charge >= 0.3 is 0 Å². The Kier molecular flexibility index (Phi) is 4.33. The van der Waals surface area contributed by atoms with E-state index >= 15 is 0 Å². The number of rotatable bonds is 4. The third-order valence-electron chi connectivity index (χ3n) is 2.40. The molecule has 2 rings (SSSR count). The molecule has 0 aliphatic heterocycles. The van der Waals surface area contributed by atoms with Gasteiger partial charge in [-0.3, -0.25) is 10.2 Å². The molecule has 2 aromatic heterocycles. The number of thiophene rings is 1. The van der Waals surface area contributed by atoms with E-state index in [4.69, 9.17) is 4.42 Å². The number of amides is 1. The fourth-order valence-corrected chi connectivity index (χ4v) is 4.38. The molecular weight excluding hydrogens is 368 g/mol. The highest BCUT2D eigenvalue weighted by Gasteiger charge is 2.19. The lowest BCUT2D eigenvalue weighted by molar-refractivity contribution is 0.0943. The van der Waals surface area contributed by atoms with Crippen molar-refractivity contribution in [1.82, 2.24) is 10.3 Å². The summed E-state index contributed by atoms with van der Waals surface area (Å²) in [5, 5.41) is 0. The normalized spacial score (nSPS) is 11.6. The third kappa shape index (κ3) is 3.29. The summed E-state index contributed by atoms with van der Waals surface area (Å²) in [7, 11) is -3.77. The van der Waals surface area contributed by atoms with E-state index in [1.807, 2.05) is 4.83 Å². The van der Waals surface area contributed by atoms with Gasteiger partial charge < -0.3 is 4.42 Å². The van der Waals surface area contributed by atoms with E-state index in [1.54, 1.807) is 26.0 Å². The van der Waals surface area contributed by atoms with E-state index < -0.39 is 15.9 Å². The Hall–Kier alpha value is -1.16. The minimum atomic E-state index is -3.77. The number of aryl methyl sites for hydroxylation is 2. The van der Waals surface area contributed by atoms with Gasteiger partial charge in [0, 0.05) is 0 Å². The fourth-order valence-electron chi connectivity index (χ4n) is 1.53. The van der Waals surface area contributed by atoms with Gasteiger partial charge in [0.05, 0.1) is 9.35 Å². The molecule has 0 saturated carbocycles. The lowest BCUT2D eigenvalue weighted by Gasteiger charge is -2.06. The molecule has 2 N–H and O–H groups in total. The van der Waals surface area contributed by atoms with E-state index in [9.17, 15) is 13.2 Å². The van der Waals surface area contributed by atoms with E-state index in [1.165, 1.54) is 6.07 Å². The van der Waals surface area contributed by atoms with Crippen LogP contribution >= 0.6 is 27.3 Å². The molecule has 108 valence electrons. The van der Waals surface area contributed by atoms with E-state index in [0.29, 0.717) is 15.3 Å². The van der Waals surface area contributed by atoms with Gasteiger partial charge in [0.1, 0.15) is 15.7 Å². The minimum absolute atomic E-state index is 0.102. The van der Waals surface area contributed by atoms with Crippen LogP contribution in [0.3, 0.4) is 0 Å². The van der Waals surface area contributed by atoms with Crippen LogP contribution in [0.25, 0.3) is 0 Å². The summed E-state index contributed by atoms with van der Waals surface area (Å²) < 4.78 is 29.8. The van der Waals surface area contributed by atoms with Gasteiger partial charge in [-0.15, -0.1) is 16.2 Å². The summed E-state index contributed by atoms with van der Waals surface area (Å²) in [5.41, 5.74) is 2.44. The molecule has 6 nitrogen and oxygen atoms in total. The summed E-state index contributed by atoms with van der Waals surface area (Å²) in [6, 6.07) is 4.60. The van der Waals surface area contributed by atoms with Crippen LogP contribution in [0.2, 0.25) is 0 Å². The van der Waals surface area contributed by atoms with Crippen LogP contribution in [0, 0.1) is 13.8 Å². The quantitative estimate of drug-likeness (QED) is 0.799. The van der Waals surface area contributed by atoms with Crippen molar-refractivity contribution in [2.75, 3.05) is 0 Å². The molecule has 2 aromatic rings. The van der Waals surface area contributed by atoms with Crippen molar-refractivity contribution in [3.8, 4) is 0 Å². The predicted octanol–water partition coefficient (Wildman–Crippen LogP) is 2.34. The predicted molar refractivity (Wildman–Crippen MR) is 78.0 cm³/mol. The molecule has 0 radical (unpaired) electrons. The molecule has 9 heteroatoms. The number of sulfonamides is 1. The fraction of sp³-hybridized carbons (Fsp3) is 0.182. The highest BCUT2D eigenvalue weighted by Crippen LogP contribution is 2.25. The van der Waals surface area contributed by atoms with Crippen LogP contribution in [-0.2, 0) is 10.0 Å². The summed E-state index contributed by atoms with van der Waals surface area (Å²) in [6.07, 6.45) is 0. The second kappa shape index (κ2) is 5.68. The maximum Gasteiger partial charge on any atom is 0.269 e. The zero-order valence-electron chi connectivity index (χ0n) is 10.6. The SMILES string of the molecule is Cc1cc(C(=O)NNS(=O)(=O)c2ccc(Br)s2)c(C)o1. The molecule has 1 amide bonds. The first-order valence-corrected chi connectivity index (χ1v) is 8.53.